The van der Waals surface area contributed by atoms with E-state index in [0.29, 0.717) is 11.7 Å². The number of hydrogen-bond donors (Lipinski definition) is 0. The molecule has 0 bridgehead atoms. The predicted molar refractivity (Wildman–Crippen MR) is 54.4 cm³/mol. The minimum absolute atomic E-state index is 0.235. The molecule has 2 aromatic heterocycles. The second-order valence-electron chi connectivity index (χ2n) is 2.82. The van der Waals surface area contributed by atoms with E-state index in [1.165, 1.54) is 11.3 Å². The smallest absolute Gasteiger partial charge is 0.269 e. The molecule has 0 N–H and O–H groups in total. The van der Waals surface area contributed by atoms with E-state index in [2.05, 4.69) is 15.1 Å². The van der Waals surface area contributed by atoms with Gasteiger partial charge in [0.2, 0.25) is 0 Å². The molecule has 0 aliphatic rings. The number of rotatable bonds is 2. The van der Waals surface area contributed by atoms with Gasteiger partial charge in [0.15, 0.2) is 5.82 Å². The Balaban J connectivity index is 2.33. The summed E-state index contributed by atoms with van der Waals surface area (Å²) < 4.78 is 5.05. The van der Waals surface area contributed by atoms with E-state index in [1.54, 1.807) is 13.1 Å². The van der Waals surface area contributed by atoms with Gasteiger partial charge in [0.25, 0.3) is 5.89 Å². The number of hydrogen-bond acceptors (Lipinski definition) is 5. The van der Waals surface area contributed by atoms with Gasteiger partial charge in [-0.1, -0.05) is 5.16 Å². The Morgan fingerprint density at radius 3 is 2.86 bits per heavy atom. The van der Waals surface area contributed by atoms with Gasteiger partial charge < -0.3 is 4.52 Å². The van der Waals surface area contributed by atoms with Crippen molar-refractivity contribution in [1.29, 1.82) is 0 Å². The van der Waals surface area contributed by atoms with Crippen LogP contribution in [0, 0.1) is 6.92 Å². The SMILES string of the molecule is Cc1ncc(-c2nc(C(C)Cl)no2)s1. The Kier molecular flexibility index (Phi) is 2.52. The third kappa shape index (κ3) is 1.78. The van der Waals surface area contributed by atoms with Crippen LogP contribution in [0.5, 0.6) is 0 Å². The molecule has 14 heavy (non-hydrogen) atoms. The molecule has 1 unspecified atom stereocenters. The van der Waals surface area contributed by atoms with Gasteiger partial charge in [-0.2, -0.15) is 4.98 Å². The van der Waals surface area contributed by atoms with Crippen LogP contribution in [-0.4, -0.2) is 15.1 Å². The summed E-state index contributed by atoms with van der Waals surface area (Å²) in [6, 6.07) is 0. The normalized spacial score (nSPS) is 13.1. The molecule has 0 radical (unpaired) electrons. The summed E-state index contributed by atoms with van der Waals surface area (Å²) in [5.74, 6) is 0.991. The Morgan fingerprint density at radius 2 is 2.36 bits per heavy atom. The summed E-state index contributed by atoms with van der Waals surface area (Å²) >= 11 is 7.33. The monoisotopic (exact) mass is 229 g/mol. The highest BCUT2D eigenvalue weighted by molar-refractivity contribution is 7.14. The van der Waals surface area contributed by atoms with E-state index in [-0.39, 0.29) is 5.38 Å². The molecule has 0 saturated heterocycles. The zero-order valence-electron chi connectivity index (χ0n) is 7.69. The van der Waals surface area contributed by atoms with Crippen molar-refractivity contribution in [2.24, 2.45) is 0 Å². The lowest BCUT2D eigenvalue weighted by Crippen LogP contribution is -1.85. The topological polar surface area (TPSA) is 51.8 Å². The van der Waals surface area contributed by atoms with E-state index in [0.717, 1.165) is 9.88 Å². The molecule has 0 amide bonds. The van der Waals surface area contributed by atoms with E-state index in [1.807, 2.05) is 6.92 Å². The van der Waals surface area contributed by atoms with Crippen LogP contribution in [0.4, 0.5) is 0 Å². The largest absolute Gasteiger partial charge is 0.333 e. The minimum Gasteiger partial charge on any atom is -0.333 e. The molecule has 2 heterocycles. The second kappa shape index (κ2) is 3.67. The molecule has 6 heteroatoms. The summed E-state index contributed by atoms with van der Waals surface area (Å²) in [7, 11) is 0. The Bertz CT molecular complexity index is 437. The first-order valence-electron chi connectivity index (χ1n) is 4.07. The van der Waals surface area contributed by atoms with Crippen molar-refractivity contribution in [3.63, 3.8) is 0 Å². The van der Waals surface area contributed by atoms with Crippen molar-refractivity contribution in [2.75, 3.05) is 0 Å². The van der Waals surface area contributed by atoms with Crippen LogP contribution in [0.25, 0.3) is 10.8 Å². The number of aromatic nitrogens is 3. The number of nitrogens with zero attached hydrogens (tertiary/aromatic N) is 3. The van der Waals surface area contributed by atoms with Gasteiger partial charge in [0.05, 0.1) is 16.6 Å². The predicted octanol–water partition coefficient (Wildman–Crippen LogP) is 2.80. The Morgan fingerprint density at radius 1 is 1.57 bits per heavy atom. The molecule has 2 rings (SSSR count). The van der Waals surface area contributed by atoms with Crippen LogP contribution in [-0.2, 0) is 0 Å². The van der Waals surface area contributed by atoms with Crippen LogP contribution in [0.15, 0.2) is 10.7 Å². The number of aryl methyl sites for hydroxylation is 1. The highest BCUT2D eigenvalue weighted by Gasteiger charge is 2.14. The summed E-state index contributed by atoms with van der Waals surface area (Å²) in [5.41, 5.74) is 0. The standard InChI is InChI=1S/C8H8ClN3OS/c1-4(9)7-11-8(13-12-7)6-3-10-5(2)14-6/h3-4H,1-2H3. The van der Waals surface area contributed by atoms with Crippen molar-refractivity contribution < 1.29 is 4.52 Å². The maximum Gasteiger partial charge on any atom is 0.269 e. The Hall–Kier alpha value is -0.940. The van der Waals surface area contributed by atoms with Crippen molar-refractivity contribution in [3.05, 3.63) is 17.0 Å². The van der Waals surface area contributed by atoms with Gasteiger partial charge in [0.1, 0.15) is 4.88 Å². The first-order chi connectivity index (χ1) is 6.66. The summed E-state index contributed by atoms with van der Waals surface area (Å²) in [5, 5.41) is 4.50. The van der Waals surface area contributed by atoms with Crippen LogP contribution < -0.4 is 0 Å². The third-order valence-corrected chi connectivity index (χ3v) is 2.73. The van der Waals surface area contributed by atoms with E-state index in [9.17, 15) is 0 Å². The van der Waals surface area contributed by atoms with Gasteiger partial charge in [0, 0.05) is 0 Å². The molecule has 0 aliphatic heterocycles. The average Bonchev–Trinajstić information content (AvgIpc) is 2.70. The first-order valence-corrected chi connectivity index (χ1v) is 5.32. The fourth-order valence-electron chi connectivity index (χ4n) is 0.957. The molecule has 0 aromatic carbocycles. The lowest BCUT2D eigenvalue weighted by atomic mass is 10.4. The highest BCUT2D eigenvalue weighted by Crippen LogP contribution is 2.26. The maximum atomic E-state index is 5.81. The third-order valence-electron chi connectivity index (χ3n) is 1.63. The molecule has 2 aromatic rings. The fourth-order valence-corrected chi connectivity index (χ4v) is 1.74. The second-order valence-corrected chi connectivity index (χ2v) is 4.71. The van der Waals surface area contributed by atoms with E-state index >= 15 is 0 Å². The van der Waals surface area contributed by atoms with Gasteiger partial charge in [-0.25, -0.2) is 4.98 Å². The van der Waals surface area contributed by atoms with Crippen molar-refractivity contribution in [3.8, 4) is 10.8 Å². The lowest BCUT2D eigenvalue weighted by molar-refractivity contribution is 0.423. The van der Waals surface area contributed by atoms with Crippen molar-refractivity contribution in [2.45, 2.75) is 19.2 Å². The molecule has 74 valence electrons. The first kappa shape index (κ1) is 9.61. The fraction of sp³-hybridized carbons (Fsp3) is 0.375. The van der Waals surface area contributed by atoms with Crippen molar-refractivity contribution in [1.82, 2.24) is 15.1 Å². The zero-order chi connectivity index (χ0) is 10.1. The quantitative estimate of drug-likeness (QED) is 0.743. The number of thiazole rings is 1. The summed E-state index contributed by atoms with van der Waals surface area (Å²) in [6.07, 6.45) is 1.72. The molecular weight excluding hydrogens is 222 g/mol. The Labute approximate surface area is 89.9 Å². The van der Waals surface area contributed by atoms with Gasteiger partial charge in [-0.15, -0.1) is 22.9 Å². The molecule has 0 spiro atoms. The maximum absolute atomic E-state index is 5.81. The van der Waals surface area contributed by atoms with Gasteiger partial charge in [-0.05, 0) is 13.8 Å². The molecule has 4 nitrogen and oxygen atoms in total. The number of alkyl halides is 1. The van der Waals surface area contributed by atoms with Crippen LogP contribution in [0.3, 0.4) is 0 Å². The minimum atomic E-state index is -0.235. The molecule has 0 fully saturated rings. The number of halogens is 1. The van der Waals surface area contributed by atoms with Crippen LogP contribution in [0.2, 0.25) is 0 Å². The molecule has 0 saturated carbocycles. The van der Waals surface area contributed by atoms with Crippen molar-refractivity contribution >= 4 is 22.9 Å². The van der Waals surface area contributed by atoms with Gasteiger partial charge in [-0.3, -0.25) is 0 Å². The summed E-state index contributed by atoms with van der Waals surface area (Å²) in [6.45, 7) is 3.73. The van der Waals surface area contributed by atoms with E-state index in [4.69, 9.17) is 16.1 Å². The zero-order valence-corrected chi connectivity index (χ0v) is 9.26. The average molecular weight is 230 g/mol. The summed E-state index contributed by atoms with van der Waals surface area (Å²) in [4.78, 5) is 9.13. The van der Waals surface area contributed by atoms with E-state index < -0.39 is 0 Å². The molecule has 0 aliphatic carbocycles. The van der Waals surface area contributed by atoms with Gasteiger partial charge >= 0.3 is 0 Å². The van der Waals surface area contributed by atoms with Crippen LogP contribution in [0.1, 0.15) is 23.1 Å². The molecule has 1 atom stereocenters. The van der Waals surface area contributed by atoms with Crippen LogP contribution >= 0.6 is 22.9 Å². The lowest BCUT2D eigenvalue weighted by Gasteiger charge is -1.89. The molecular formula is C8H8ClN3OS. The highest BCUT2D eigenvalue weighted by atomic mass is 35.5.